The van der Waals surface area contributed by atoms with Crippen LogP contribution in [-0.2, 0) is 18.3 Å². The first kappa shape index (κ1) is 16.1. The van der Waals surface area contributed by atoms with Crippen molar-refractivity contribution >= 4 is 0 Å². The molecule has 0 saturated carbocycles. The van der Waals surface area contributed by atoms with Crippen LogP contribution in [0.1, 0.15) is 38.3 Å². The molecule has 0 aliphatic carbocycles. The molecule has 5 heteroatoms. The van der Waals surface area contributed by atoms with Gasteiger partial charge in [0.2, 0.25) is 0 Å². The number of morpholine rings is 1. The maximum atomic E-state index is 6.43. The van der Waals surface area contributed by atoms with Crippen molar-refractivity contribution < 1.29 is 4.74 Å². The Morgan fingerprint density at radius 2 is 1.91 bits per heavy atom. The van der Waals surface area contributed by atoms with Gasteiger partial charge in [0.25, 0.3) is 0 Å². The fourth-order valence-corrected chi connectivity index (χ4v) is 2.94. The third kappa shape index (κ3) is 3.79. The minimum absolute atomic E-state index is 0.0994. The summed E-state index contributed by atoms with van der Waals surface area (Å²) in [6.45, 7) is 9.32. The van der Waals surface area contributed by atoms with Crippen molar-refractivity contribution in [2.45, 2.75) is 39.5 Å². The van der Waals surface area contributed by atoms with Gasteiger partial charge in [-0.2, -0.15) is 0 Å². The lowest BCUT2D eigenvalue weighted by molar-refractivity contribution is -0.131. The Morgan fingerprint density at radius 3 is 2.52 bits per heavy atom. The molecule has 3 rings (SSSR count). The highest BCUT2D eigenvalue weighted by Gasteiger charge is 2.35. The molecule has 1 aliphatic heterocycles. The summed E-state index contributed by atoms with van der Waals surface area (Å²) in [5.74, 6) is 0.992. The van der Waals surface area contributed by atoms with Gasteiger partial charge in [-0.05, 0) is 11.0 Å². The Kier molecular flexibility index (Phi) is 4.50. The number of ether oxygens (including phenoxy) is 1. The van der Waals surface area contributed by atoms with Crippen molar-refractivity contribution in [2.24, 2.45) is 12.5 Å². The maximum Gasteiger partial charge on any atom is 0.146 e. The van der Waals surface area contributed by atoms with E-state index in [1.807, 2.05) is 17.7 Å². The molecule has 124 valence electrons. The van der Waals surface area contributed by atoms with Crippen molar-refractivity contribution in [1.82, 2.24) is 19.7 Å². The topological polar surface area (TPSA) is 43.2 Å². The van der Waals surface area contributed by atoms with E-state index in [9.17, 15) is 0 Å². The lowest BCUT2D eigenvalue weighted by Crippen LogP contribution is -2.49. The Hall–Kier alpha value is -1.72. The highest BCUT2D eigenvalue weighted by atomic mass is 16.5. The molecule has 1 aliphatic rings. The quantitative estimate of drug-likeness (QED) is 0.874. The fourth-order valence-electron chi connectivity index (χ4n) is 2.94. The lowest BCUT2D eigenvalue weighted by atomic mass is 9.87. The molecule has 2 heterocycles. The lowest BCUT2D eigenvalue weighted by Gasteiger charge is -2.43. The molecular weight excluding hydrogens is 288 g/mol. The molecule has 2 aromatic rings. The molecule has 0 bridgehead atoms. The fraction of sp³-hybridized carbons (Fsp3) is 0.556. The average Bonchev–Trinajstić information content (AvgIpc) is 2.92. The number of hydrogen-bond acceptors (Lipinski definition) is 4. The van der Waals surface area contributed by atoms with Gasteiger partial charge >= 0.3 is 0 Å². The second-order valence-electron chi connectivity index (χ2n) is 7.44. The third-order valence-electron chi connectivity index (χ3n) is 4.48. The maximum absolute atomic E-state index is 6.43. The molecule has 0 N–H and O–H groups in total. The van der Waals surface area contributed by atoms with Crippen molar-refractivity contribution in [3.8, 4) is 0 Å². The molecule has 0 amide bonds. The van der Waals surface area contributed by atoms with E-state index in [4.69, 9.17) is 4.74 Å². The van der Waals surface area contributed by atoms with Crippen LogP contribution in [0.15, 0.2) is 36.7 Å². The summed E-state index contributed by atoms with van der Waals surface area (Å²) in [6, 6.07) is 10.5. The van der Waals surface area contributed by atoms with Crippen LogP contribution >= 0.6 is 0 Å². The van der Waals surface area contributed by atoms with Crippen molar-refractivity contribution in [1.29, 1.82) is 0 Å². The van der Waals surface area contributed by atoms with E-state index in [2.05, 4.69) is 60.1 Å². The molecule has 1 aromatic carbocycles. The molecule has 1 aromatic heterocycles. The molecular formula is C18H26N4O. The molecule has 0 spiro atoms. The summed E-state index contributed by atoms with van der Waals surface area (Å²) >= 11 is 0. The molecule has 0 radical (unpaired) electrons. The number of rotatable bonds is 3. The van der Waals surface area contributed by atoms with Crippen LogP contribution in [-0.4, -0.2) is 38.9 Å². The number of nitrogens with zero attached hydrogens (tertiary/aromatic N) is 4. The number of aromatic nitrogens is 3. The first-order valence-corrected chi connectivity index (χ1v) is 8.19. The van der Waals surface area contributed by atoms with Crippen molar-refractivity contribution in [3.05, 3.63) is 48.0 Å². The smallest absolute Gasteiger partial charge is 0.146 e. The second-order valence-corrected chi connectivity index (χ2v) is 7.44. The van der Waals surface area contributed by atoms with Gasteiger partial charge < -0.3 is 9.30 Å². The predicted octanol–water partition coefficient (Wildman–Crippen LogP) is 2.80. The summed E-state index contributed by atoms with van der Waals surface area (Å²) in [5.41, 5.74) is 1.34. The van der Waals surface area contributed by atoms with Gasteiger partial charge in [0.05, 0.1) is 18.8 Å². The van der Waals surface area contributed by atoms with Gasteiger partial charge in [-0.15, -0.1) is 10.2 Å². The van der Waals surface area contributed by atoms with E-state index in [-0.39, 0.29) is 17.6 Å². The Labute approximate surface area is 138 Å². The molecule has 23 heavy (non-hydrogen) atoms. The Bertz CT molecular complexity index is 632. The normalized spacial score (nSPS) is 23.1. The zero-order chi connectivity index (χ0) is 16.4. The highest BCUT2D eigenvalue weighted by Crippen LogP contribution is 2.33. The van der Waals surface area contributed by atoms with E-state index in [0.717, 1.165) is 25.5 Å². The number of aryl methyl sites for hydroxylation is 1. The van der Waals surface area contributed by atoms with E-state index >= 15 is 0 Å². The standard InChI is InChI=1S/C18H26N4O/c1-18(2,3)16-11-22(12-17-20-19-13-21(17)4)10-15(23-16)14-8-6-5-7-9-14/h5-9,13,15-16H,10-12H2,1-4H3/t15-,16+/m0/s1. The second kappa shape index (κ2) is 6.42. The van der Waals surface area contributed by atoms with Gasteiger partial charge in [0.1, 0.15) is 12.2 Å². The van der Waals surface area contributed by atoms with Crippen LogP contribution in [0.2, 0.25) is 0 Å². The Morgan fingerprint density at radius 1 is 1.17 bits per heavy atom. The van der Waals surface area contributed by atoms with Crippen LogP contribution < -0.4 is 0 Å². The Balaban J connectivity index is 1.80. The van der Waals surface area contributed by atoms with E-state index < -0.39 is 0 Å². The number of benzene rings is 1. The van der Waals surface area contributed by atoms with E-state index in [1.165, 1.54) is 5.56 Å². The van der Waals surface area contributed by atoms with Crippen LogP contribution in [0.5, 0.6) is 0 Å². The summed E-state index contributed by atoms with van der Waals surface area (Å²) in [5, 5.41) is 8.21. The third-order valence-corrected chi connectivity index (χ3v) is 4.48. The molecule has 1 saturated heterocycles. The summed E-state index contributed by atoms with van der Waals surface area (Å²) in [4.78, 5) is 2.43. The summed E-state index contributed by atoms with van der Waals surface area (Å²) < 4.78 is 8.42. The van der Waals surface area contributed by atoms with Gasteiger partial charge in [-0.1, -0.05) is 51.1 Å². The zero-order valence-corrected chi connectivity index (χ0v) is 14.4. The zero-order valence-electron chi connectivity index (χ0n) is 14.4. The van der Waals surface area contributed by atoms with E-state index in [0.29, 0.717) is 0 Å². The molecule has 5 nitrogen and oxygen atoms in total. The largest absolute Gasteiger partial charge is 0.367 e. The minimum Gasteiger partial charge on any atom is -0.367 e. The van der Waals surface area contributed by atoms with Crippen LogP contribution in [0, 0.1) is 5.41 Å². The van der Waals surface area contributed by atoms with Crippen LogP contribution in [0.25, 0.3) is 0 Å². The van der Waals surface area contributed by atoms with Gasteiger partial charge in [-0.3, -0.25) is 4.90 Å². The first-order valence-electron chi connectivity index (χ1n) is 8.19. The van der Waals surface area contributed by atoms with Gasteiger partial charge in [0, 0.05) is 20.1 Å². The van der Waals surface area contributed by atoms with E-state index in [1.54, 1.807) is 6.33 Å². The van der Waals surface area contributed by atoms with Crippen molar-refractivity contribution in [3.63, 3.8) is 0 Å². The minimum atomic E-state index is 0.0994. The first-order chi connectivity index (χ1) is 10.9. The summed E-state index contributed by atoms with van der Waals surface area (Å²) in [7, 11) is 1.99. The molecule has 0 unspecified atom stereocenters. The predicted molar refractivity (Wildman–Crippen MR) is 89.8 cm³/mol. The average molecular weight is 314 g/mol. The van der Waals surface area contributed by atoms with Gasteiger partial charge in [-0.25, -0.2) is 0 Å². The monoisotopic (exact) mass is 314 g/mol. The SMILES string of the molecule is Cn1cnnc1CN1C[C@@H](c2ccccc2)O[C@@H](C(C)(C)C)C1. The van der Waals surface area contributed by atoms with Gasteiger partial charge in [0.15, 0.2) is 0 Å². The van der Waals surface area contributed by atoms with Crippen LogP contribution in [0.4, 0.5) is 0 Å². The number of hydrogen-bond donors (Lipinski definition) is 0. The van der Waals surface area contributed by atoms with Crippen molar-refractivity contribution in [2.75, 3.05) is 13.1 Å². The highest BCUT2D eigenvalue weighted by molar-refractivity contribution is 5.18. The molecule has 1 fully saturated rings. The summed E-state index contributed by atoms with van der Waals surface area (Å²) in [6.07, 6.45) is 2.04. The molecule has 2 atom stereocenters. The van der Waals surface area contributed by atoms with Crippen LogP contribution in [0.3, 0.4) is 0 Å².